The monoisotopic (exact) mass is 395 g/mol. The van der Waals surface area contributed by atoms with Crippen LogP contribution < -0.4 is 10.4 Å². The molecule has 4 aromatic rings. The van der Waals surface area contributed by atoms with E-state index in [0.717, 1.165) is 22.1 Å². The zero-order valence-electron chi connectivity index (χ0n) is 15.7. The Morgan fingerprint density at radius 2 is 1.89 bits per heavy atom. The lowest BCUT2D eigenvalue weighted by Crippen LogP contribution is -2.00. The lowest BCUT2D eigenvalue weighted by Gasteiger charge is -2.08. The van der Waals surface area contributed by atoms with Crippen LogP contribution in [0, 0.1) is 20.8 Å². The summed E-state index contributed by atoms with van der Waals surface area (Å²) in [6.07, 6.45) is 1.56. The lowest BCUT2D eigenvalue weighted by molar-refractivity contribution is 0.301. The van der Waals surface area contributed by atoms with Crippen molar-refractivity contribution in [2.75, 3.05) is 0 Å². The van der Waals surface area contributed by atoms with Gasteiger partial charge in [-0.25, -0.2) is 9.78 Å². The van der Waals surface area contributed by atoms with Crippen LogP contribution in [0.25, 0.3) is 22.4 Å². The van der Waals surface area contributed by atoms with Crippen molar-refractivity contribution in [2.24, 2.45) is 0 Å². The van der Waals surface area contributed by atoms with Crippen LogP contribution in [0.4, 0.5) is 0 Å². The van der Waals surface area contributed by atoms with E-state index in [2.05, 4.69) is 11.1 Å². The summed E-state index contributed by atoms with van der Waals surface area (Å²) in [7, 11) is 0. The van der Waals surface area contributed by atoms with Gasteiger partial charge < -0.3 is 13.6 Å². The molecule has 0 saturated carbocycles. The van der Waals surface area contributed by atoms with E-state index in [1.165, 1.54) is 11.6 Å². The Balaban J connectivity index is 1.57. The van der Waals surface area contributed by atoms with Gasteiger partial charge in [-0.2, -0.15) is 0 Å². The molecule has 0 atom stereocenters. The van der Waals surface area contributed by atoms with Crippen LogP contribution in [0.1, 0.15) is 22.4 Å². The van der Waals surface area contributed by atoms with Crippen LogP contribution in [0.3, 0.4) is 0 Å². The molecule has 0 unspecified atom stereocenters. The number of aromatic nitrogens is 1. The molecule has 2 aromatic heterocycles. The van der Waals surface area contributed by atoms with E-state index in [1.807, 2.05) is 32.9 Å². The average molecular weight is 396 g/mol. The average Bonchev–Trinajstić information content (AvgIpc) is 3.09. The fourth-order valence-electron chi connectivity index (χ4n) is 3.13. The van der Waals surface area contributed by atoms with Gasteiger partial charge in [-0.3, -0.25) is 0 Å². The number of benzene rings is 2. The molecule has 0 aliphatic carbocycles. The Labute approximate surface area is 166 Å². The number of ether oxygens (including phenoxy) is 1. The molecule has 0 amide bonds. The standard InChI is InChI=1S/C22H18ClNO4/c1-12-4-5-16(13(2)6-12)22-24-15(11-27-22)10-26-20-9-19-17(8-18(20)23)14(3)7-21(25)28-19/h4-9,11H,10H2,1-3H3. The second-order valence-corrected chi connectivity index (χ2v) is 7.19. The predicted molar refractivity (Wildman–Crippen MR) is 108 cm³/mol. The van der Waals surface area contributed by atoms with Crippen LogP contribution in [-0.2, 0) is 6.61 Å². The number of halogens is 1. The van der Waals surface area contributed by atoms with Crippen molar-refractivity contribution in [1.29, 1.82) is 0 Å². The first kappa shape index (κ1) is 18.3. The van der Waals surface area contributed by atoms with Gasteiger partial charge >= 0.3 is 5.63 Å². The van der Waals surface area contributed by atoms with Crippen LogP contribution >= 0.6 is 11.6 Å². The van der Waals surface area contributed by atoms with Gasteiger partial charge in [0.2, 0.25) is 5.89 Å². The highest BCUT2D eigenvalue weighted by atomic mass is 35.5. The summed E-state index contributed by atoms with van der Waals surface area (Å²) in [5.74, 6) is 0.960. The van der Waals surface area contributed by atoms with Crippen molar-refractivity contribution < 1.29 is 13.6 Å². The van der Waals surface area contributed by atoms with E-state index in [9.17, 15) is 4.79 Å². The molecule has 6 heteroatoms. The van der Waals surface area contributed by atoms with Crippen molar-refractivity contribution in [3.05, 3.63) is 80.5 Å². The van der Waals surface area contributed by atoms with Crippen molar-refractivity contribution in [1.82, 2.24) is 4.98 Å². The minimum Gasteiger partial charge on any atom is -0.485 e. The molecule has 0 bridgehead atoms. The van der Waals surface area contributed by atoms with E-state index < -0.39 is 5.63 Å². The maximum absolute atomic E-state index is 11.6. The lowest BCUT2D eigenvalue weighted by atomic mass is 10.1. The van der Waals surface area contributed by atoms with Gasteiger partial charge in [0.1, 0.15) is 29.9 Å². The van der Waals surface area contributed by atoms with E-state index in [1.54, 1.807) is 18.4 Å². The van der Waals surface area contributed by atoms with Crippen LogP contribution in [0.15, 0.2) is 56.3 Å². The topological polar surface area (TPSA) is 65.5 Å². The zero-order chi connectivity index (χ0) is 19.8. The molecule has 2 heterocycles. The van der Waals surface area contributed by atoms with Crippen molar-refractivity contribution >= 4 is 22.6 Å². The minimum atomic E-state index is -0.409. The van der Waals surface area contributed by atoms with Gasteiger partial charge in [-0.15, -0.1) is 0 Å². The minimum absolute atomic E-state index is 0.176. The second-order valence-electron chi connectivity index (χ2n) is 6.78. The smallest absolute Gasteiger partial charge is 0.336 e. The van der Waals surface area contributed by atoms with Gasteiger partial charge in [-0.05, 0) is 44.0 Å². The number of rotatable bonds is 4. The molecule has 0 aliphatic rings. The quantitative estimate of drug-likeness (QED) is 0.420. The molecule has 0 N–H and O–H groups in total. The molecule has 0 spiro atoms. The van der Waals surface area contributed by atoms with Gasteiger partial charge in [0.25, 0.3) is 0 Å². The fourth-order valence-corrected chi connectivity index (χ4v) is 3.35. The second kappa shape index (κ2) is 7.17. The number of aryl methyl sites for hydroxylation is 3. The maximum Gasteiger partial charge on any atom is 0.336 e. The molecule has 0 aliphatic heterocycles. The molecule has 28 heavy (non-hydrogen) atoms. The highest BCUT2D eigenvalue weighted by molar-refractivity contribution is 6.32. The van der Waals surface area contributed by atoms with Crippen molar-refractivity contribution in [2.45, 2.75) is 27.4 Å². The van der Waals surface area contributed by atoms with Gasteiger partial charge in [-0.1, -0.05) is 29.3 Å². The van der Waals surface area contributed by atoms with Gasteiger partial charge in [0, 0.05) is 23.1 Å². The normalized spacial score (nSPS) is 11.1. The Bertz CT molecular complexity index is 1240. The Morgan fingerprint density at radius 3 is 2.68 bits per heavy atom. The highest BCUT2D eigenvalue weighted by Crippen LogP contribution is 2.32. The molecule has 5 nitrogen and oxygen atoms in total. The number of hydrogen-bond acceptors (Lipinski definition) is 5. The van der Waals surface area contributed by atoms with Crippen LogP contribution in [0.2, 0.25) is 5.02 Å². The zero-order valence-corrected chi connectivity index (χ0v) is 16.5. The first-order valence-electron chi connectivity index (χ1n) is 8.79. The third-order valence-electron chi connectivity index (χ3n) is 4.54. The summed E-state index contributed by atoms with van der Waals surface area (Å²) in [5, 5.41) is 1.21. The predicted octanol–water partition coefficient (Wildman–Crippen LogP) is 5.61. The Kier molecular flexibility index (Phi) is 4.69. The Hall–Kier alpha value is -3.05. The summed E-state index contributed by atoms with van der Waals surface area (Å²) in [4.78, 5) is 16.1. The Morgan fingerprint density at radius 1 is 1.07 bits per heavy atom. The molecule has 142 valence electrons. The third kappa shape index (κ3) is 3.53. The summed E-state index contributed by atoms with van der Waals surface area (Å²) < 4.78 is 16.6. The number of oxazole rings is 1. The van der Waals surface area contributed by atoms with Crippen molar-refractivity contribution in [3.63, 3.8) is 0 Å². The molecule has 0 saturated heterocycles. The van der Waals surface area contributed by atoms with Crippen LogP contribution in [-0.4, -0.2) is 4.98 Å². The van der Waals surface area contributed by atoms with Crippen LogP contribution in [0.5, 0.6) is 5.75 Å². The summed E-state index contributed by atoms with van der Waals surface area (Å²) in [6, 6.07) is 10.9. The highest BCUT2D eigenvalue weighted by Gasteiger charge is 2.12. The van der Waals surface area contributed by atoms with Crippen molar-refractivity contribution in [3.8, 4) is 17.2 Å². The van der Waals surface area contributed by atoms with E-state index in [4.69, 9.17) is 25.2 Å². The van der Waals surface area contributed by atoms with E-state index in [-0.39, 0.29) is 6.61 Å². The number of nitrogens with zero attached hydrogens (tertiary/aromatic N) is 1. The fraction of sp³-hybridized carbons (Fsp3) is 0.182. The third-order valence-corrected chi connectivity index (χ3v) is 4.84. The summed E-state index contributed by atoms with van der Waals surface area (Å²) in [5.41, 5.74) is 4.68. The van der Waals surface area contributed by atoms with E-state index >= 15 is 0 Å². The first-order valence-corrected chi connectivity index (χ1v) is 9.17. The largest absolute Gasteiger partial charge is 0.485 e. The summed E-state index contributed by atoms with van der Waals surface area (Å²) in [6.45, 7) is 6.08. The number of hydrogen-bond donors (Lipinski definition) is 0. The summed E-state index contributed by atoms with van der Waals surface area (Å²) >= 11 is 6.33. The maximum atomic E-state index is 11.6. The SMILES string of the molecule is Cc1ccc(-c2nc(COc3cc4oc(=O)cc(C)c4cc3Cl)co2)c(C)c1. The molecule has 2 aromatic carbocycles. The molecular weight excluding hydrogens is 378 g/mol. The number of fused-ring (bicyclic) bond motifs is 1. The first-order chi connectivity index (χ1) is 13.4. The molecule has 0 radical (unpaired) electrons. The van der Waals surface area contributed by atoms with Gasteiger partial charge in [0.15, 0.2) is 0 Å². The van der Waals surface area contributed by atoms with Gasteiger partial charge in [0.05, 0.1) is 5.02 Å². The molecule has 4 rings (SSSR count). The van der Waals surface area contributed by atoms with E-state index in [0.29, 0.717) is 27.9 Å². The molecule has 0 fully saturated rings. The molecular formula is C22H18ClNO4.